The fraction of sp³-hybridized carbons (Fsp3) is 0.429. The fourth-order valence-electron chi connectivity index (χ4n) is 6.28. The number of nitrogens with one attached hydrogen (secondary N) is 3. The van der Waals surface area contributed by atoms with E-state index in [9.17, 15) is 23.6 Å². The number of hydrogen-bond acceptors (Lipinski definition) is 4. The van der Waals surface area contributed by atoms with E-state index in [1.54, 1.807) is 29.2 Å². The van der Waals surface area contributed by atoms with E-state index in [2.05, 4.69) is 16.0 Å². The summed E-state index contributed by atoms with van der Waals surface area (Å²) in [7, 11) is 1.53. The molecule has 1 saturated carbocycles. The Morgan fingerprint density at radius 1 is 1.05 bits per heavy atom. The lowest BCUT2D eigenvalue weighted by Gasteiger charge is -2.31. The van der Waals surface area contributed by atoms with E-state index in [1.165, 1.54) is 13.1 Å². The number of hydrogen-bond donors (Lipinski definition) is 3. The molecule has 3 N–H and O–H groups in total. The number of aryl methyl sites for hydroxylation is 2. The normalized spacial score (nSPS) is 24.1. The number of carbonyl (C=O) groups excluding carboxylic acids is 4. The van der Waals surface area contributed by atoms with Gasteiger partial charge in [-0.25, -0.2) is 14.0 Å². The van der Waals surface area contributed by atoms with Crippen LogP contribution < -0.4 is 16.0 Å². The van der Waals surface area contributed by atoms with Crippen LogP contribution in [0.15, 0.2) is 36.4 Å². The van der Waals surface area contributed by atoms with E-state index < -0.39 is 17.5 Å². The van der Waals surface area contributed by atoms with Gasteiger partial charge in [-0.15, -0.1) is 0 Å². The molecule has 4 aliphatic rings. The molecular weight excluding hydrogens is 489 g/mol. The number of amides is 6. The molecule has 2 atom stereocenters. The van der Waals surface area contributed by atoms with Crippen LogP contribution in [0.4, 0.5) is 19.7 Å². The Hall–Kier alpha value is -3.95. The van der Waals surface area contributed by atoms with Gasteiger partial charge in [0.15, 0.2) is 0 Å². The van der Waals surface area contributed by atoms with E-state index in [-0.39, 0.29) is 30.3 Å². The lowest BCUT2D eigenvalue weighted by molar-refractivity contribution is -0.141. The number of anilines is 1. The van der Waals surface area contributed by atoms with Crippen molar-refractivity contribution in [3.8, 4) is 0 Å². The zero-order valence-electron chi connectivity index (χ0n) is 21.2. The van der Waals surface area contributed by atoms with Gasteiger partial charge in [-0.1, -0.05) is 12.1 Å². The first kappa shape index (κ1) is 24.4. The van der Waals surface area contributed by atoms with Crippen molar-refractivity contribution < 1.29 is 23.6 Å². The van der Waals surface area contributed by atoms with Crippen molar-refractivity contribution in [3.05, 3.63) is 64.5 Å². The summed E-state index contributed by atoms with van der Waals surface area (Å²) in [6.07, 6.45) is 4.44. The van der Waals surface area contributed by atoms with Crippen molar-refractivity contribution in [2.24, 2.45) is 5.92 Å². The molecule has 2 aliphatic heterocycles. The molecule has 6 amide bonds. The molecule has 0 radical (unpaired) electrons. The van der Waals surface area contributed by atoms with Crippen molar-refractivity contribution in [2.45, 2.75) is 56.7 Å². The first-order valence-corrected chi connectivity index (χ1v) is 13.1. The lowest BCUT2D eigenvalue weighted by Crippen LogP contribution is -2.48. The van der Waals surface area contributed by atoms with E-state index in [0.717, 1.165) is 40.9 Å². The highest BCUT2D eigenvalue weighted by Crippen LogP contribution is 2.43. The van der Waals surface area contributed by atoms with Gasteiger partial charge in [0.25, 0.3) is 5.91 Å². The molecule has 1 spiro atoms. The topological polar surface area (TPSA) is 111 Å². The summed E-state index contributed by atoms with van der Waals surface area (Å²) in [5.41, 5.74) is 2.75. The fourth-order valence-corrected chi connectivity index (χ4v) is 6.28. The van der Waals surface area contributed by atoms with Crippen molar-refractivity contribution in [1.29, 1.82) is 0 Å². The number of carbonyl (C=O) groups is 4. The van der Waals surface area contributed by atoms with E-state index in [1.807, 2.05) is 6.07 Å². The summed E-state index contributed by atoms with van der Waals surface area (Å²) in [6.45, 7) is 0.00611. The molecule has 2 aromatic rings. The third-order valence-electron chi connectivity index (χ3n) is 8.39. The summed E-state index contributed by atoms with van der Waals surface area (Å²) in [6, 6.07) is 9.02. The largest absolute Gasteiger partial charge is 0.341 e. The Bertz CT molecular complexity index is 1360. The number of nitrogens with zero attached hydrogens (tertiary/aromatic N) is 2. The van der Waals surface area contributed by atoms with Gasteiger partial charge in [0.05, 0.1) is 0 Å². The van der Waals surface area contributed by atoms with Gasteiger partial charge in [0.1, 0.15) is 17.9 Å². The molecule has 1 saturated heterocycles. The molecule has 9 nitrogen and oxygen atoms in total. The minimum Gasteiger partial charge on any atom is -0.341 e. The number of urea groups is 2. The van der Waals surface area contributed by atoms with Gasteiger partial charge in [-0.2, -0.15) is 0 Å². The highest BCUT2D eigenvalue weighted by Gasteiger charge is 2.56. The molecule has 6 rings (SSSR count). The summed E-state index contributed by atoms with van der Waals surface area (Å²) < 4.78 is 13.9. The second-order valence-corrected chi connectivity index (χ2v) is 10.7. The molecule has 2 fully saturated rings. The maximum atomic E-state index is 13.9. The third-order valence-corrected chi connectivity index (χ3v) is 8.39. The maximum Gasteiger partial charge on any atom is 0.325 e. The quantitative estimate of drug-likeness (QED) is 0.540. The molecule has 10 heteroatoms. The van der Waals surface area contributed by atoms with Gasteiger partial charge in [0, 0.05) is 25.3 Å². The Balaban J connectivity index is 1.23. The van der Waals surface area contributed by atoms with Crippen LogP contribution in [-0.4, -0.2) is 53.3 Å². The molecule has 0 unspecified atom stereocenters. The van der Waals surface area contributed by atoms with E-state index in [0.29, 0.717) is 43.0 Å². The van der Waals surface area contributed by atoms with Crippen LogP contribution in [0.2, 0.25) is 0 Å². The minimum atomic E-state index is -1.21. The van der Waals surface area contributed by atoms with Crippen LogP contribution >= 0.6 is 0 Å². The summed E-state index contributed by atoms with van der Waals surface area (Å²) in [5.74, 6) is -0.596. The average molecular weight is 520 g/mol. The number of benzene rings is 2. The Kier molecular flexibility index (Phi) is 5.85. The third kappa shape index (κ3) is 4.08. The molecule has 38 heavy (non-hydrogen) atoms. The Labute approximate surface area is 219 Å². The van der Waals surface area contributed by atoms with Crippen LogP contribution in [0.3, 0.4) is 0 Å². The smallest absolute Gasteiger partial charge is 0.325 e. The monoisotopic (exact) mass is 519 g/mol. The van der Waals surface area contributed by atoms with Crippen molar-refractivity contribution in [2.75, 3.05) is 18.9 Å². The number of fused-ring (bicyclic) bond motifs is 3. The van der Waals surface area contributed by atoms with Crippen LogP contribution in [-0.2, 0) is 34.5 Å². The molecule has 198 valence electrons. The number of rotatable bonds is 4. The van der Waals surface area contributed by atoms with Gasteiger partial charge in [-0.3, -0.25) is 14.5 Å². The highest BCUT2D eigenvalue weighted by molar-refractivity contribution is 6.10. The summed E-state index contributed by atoms with van der Waals surface area (Å²) in [4.78, 5) is 55.0. The van der Waals surface area contributed by atoms with E-state index in [4.69, 9.17) is 0 Å². The van der Waals surface area contributed by atoms with Gasteiger partial charge >= 0.3 is 12.1 Å². The predicted molar refractivity (Wildman–Crippen MR) is 137 cm³/mol. The van der Waals surface area contributed by atoms with Gasteiger partial charge in [0.2, 0.25) is 5.91 Å². The van der Waals surface area contributed by atoms with Crippen molar-refractivity contribution in [1.82, 2.24) is 20.4 Å². The first-order chi connectivity index (χ1) is 18.3. The Morgan fingerprint density at radius 3 is 2.63 bits per heavy atom. The lowest BCUT2D eigenvalue weighted by atomic mass is 9.91. The minimum absolute atomic E-state index is 0.00568. The molecule has 2 aliphatic carbocycles. The average Bonchev–Trinajstić information content (AvgIpc) is 3.66. The number of halogens is 1. The first-order valence-electron chi connectivity index (χ1n) is 13.1. The number of imide groups is 1. The standard InChI is InChI=1S/C28H30FN5O4/c1-30-26(37)31-21-7-8-22-18(13-21)10-11-28(22)25(36)34(27(38)32-28)15-24(35)33-14-19-4-6-20(29)12-17(19)5-9-23(33)16-2-3-16/h4,6-8,12-13,16,23H,2-3,5,9-11,14-15H2,1H3,(H,32,38)(H2,30,31,37)/t23-,28-/m1/s1. The second-order valence-electron chi connectivity index (χ2n) is 10.7. The van der Waals surface area contributed by atoms with Crippen LogP contribution in [0, 0.1) is 11.7 Å². The van der Waals surface area contributed by atoms with Crippen LogP contribution in [0.1, 0.15) is 47.9 Å². The second kappa shape index (κ2) is 9.11. The molecular formula is C28H30FN5O4. The summed E-state index contributed by atoms with van der Waals surface area (Å²) >= 11 is 0. The predicted octanol–water partition coefficient (Wildman–Crippen LogP) is 3.02. The molecule has 2 aromatic carbocycles. The Morgan fingerprint density at radius 2 is 1.87 bits per heavy atom. The SMILES string of the molecule is CNC(=O)Nc1ccc2c(c1)CC[C@@]21NC(=O)N(CC(=O)N2Cc3ccc(F)cc3CC[C@@H]2C2CC2)C1=O. The highest BCUT2D eigenvalue weighted by atomic mass is 19.1. The van der Waals surface area contributed by atoms with Gasteiger partial charge in [-0.05, 0) is 91.0 Å². The zero-order valence-corrected chi connectivity index (χ0v) is 21.2. The molecule has 0 bridgehead atoms. The summed E-state index contributed by atoms with van der Waals surface area (Å²) in [5, 5.41) is 8.09. The van der Waals surface area contributed by atoms with Crippen LogP contribution in [0.25, 0.3) is 0 Å². The zero-order chi connectivity index (χ0) is 26.6. The molecule has 0 aromatic heterocycles. The van der Waals surface area contributed by atoms with Gasteiger partial charge < -0.3 is 20.9 Å². The van der Waals surface area contributed by atoms with Crippen LogP contribution in [0.5, 0.6) is 0 Å². The van der Waals surface area contributed by atoms with Crippen molar-refractivity contribution in [3.63, 3.8) is 0 Å². The maximum absolute atomic E-state index is 13.9. The van der Waals surface area contributed by atoms with E-state index >= 15 is 0 Å². The van der Waals surface area contributed by atoms with Crippen molar-refractivity contribution >= 4 is 29.6 Å². The molecule has 2 heterocycles.